The van der Waals surface area contributed by atoms with Gasteiger partial charge in [-0.1, -0.05) is 30.3 Å². The largest absolute Gasteiger partial charge is 0.396 e. The van der Waals surface area contributed by atoms with Crippen LogP contribution in [0.4, 0.5) is 0 Å². The second kappa shape index (κ2) is 9.86. The van der Waals surface area contributed by atoms with E-state index < -0.39 is 24.2 Å². The number of ether oxygens (including phenoxy) is 2. The van der Waals surface area contributed by atoms with Crippen LogP contribution in [0.15, 0.2) is 30.3 Å². The van der Waals surface area contributed by atoms with Crippen LogP contribution in [0.3, 0.4) is 0 Å². The summed E-state index contributed by atoms with van der Waals surface area (Å²) >= 11 is 0. The maximum atomic E-state index is 10.5. The van der Waals surface area contributed by atoms with E-state index in [2.05, 4.69) is 17.0 Å². The summed E-state index contributed by atoms with van der Waals surface area (Å²) in [6.07, 6.45) is -1.61. The fraction of sp³-hybridized carbons (Fsp3) is 0.739. The molecule has 0 aromatic heterocycles. The van der Waals surface area contributed by atoms with Gasteiger partial charge in [-0.15, -0.1) is 0 Å². The molecule has 0 aliphatic carbocycles. The molecule has 29 heavy (non-hydrogen) atoms. The van der Waals surface area contributed by atoms with Gasteiger partial charge in [0.25, 0.3) is 0 Å². The van der Waals surface area contributed by atoms with Crippen LogP contribution in [0.25, 0.3) is 0 Å². The quantitative estimate of drug-likeness (QED) is 0.611. The average molecular weight is 410 g/mol. The zero-order chi connectivity index (χ0) is 21.8. The fourth-order valence-electron chi connectivity index (χ4n) is 4.09. The zero-order valence-corrected chi connectivity index (χ0v) is 18.7. The van der Waals surface area contributed by atoms with Gasteiger partial charge in [0, 0.05) is 25.0 Å². The van der Waals surface area contributed by atoms with Crippen molar-refractivity contribution in [3.8, 4) is 0 Å². The van der Waals surface area contributed by atoms with Gasteiger partial charge in [0.15, 0.2) is 0 Å². The van der Waals surface area contributed by atoms with Gasteiger partial charge in [0.2, 0.25) is 0 Å². The monoisotopic (exact) mass is 409 g/mol. The number of hydrogen-bond donors (Lipinski definition) is 3. The molecule has 0 unspecified atom stereocenters. The second-order valence-corrected chi connectivity index (χ2v) is 9.97. The average Bonchev–Trinajstić information content (AvgIpc) is 2.90. The van der Waals surface area contributed by atoms with Crippen molar-refractivity contribution in [1.82, 2.24) is 4.90 Å². The molecule has 1 aliphatic rings. The standard InChI is InChI=1S/C23H39NO5/c1-22(2,3)28-19-13-24(12-16-10-8-7-9-11-16)20(17(14-25)18(27)15-26)21(19)29-23(4,5)6/h7-11,17-21,25-27H,12-15H2,1-6H3/t17-,18+,19-,20-,21+/m0/s1. The Hall–Kier alpha value is -1.02. The Morgan fingerprint density at radius 2 is 1.55 bits per heavy atom. The van der Waals surface area contributed by atoms with E-state index in [1.165, 1.54) is 0 Å². The van der Waals surface area contributed by atoms with E-state index in [4.69, 9.17) is 9.47 Å². The fourth-order valence-corrected chi connectivity index (χ4v) is 4.09. The van der Waals surface area contributed by atoms with Crippen LogP contribution in [0.5, 0.6) is 0 Å². The SMILES string of the molecule is CC(C)(C)O[C@H]1[C@H]([C@@H](CO)[C@H](O)CO)N(Cc2ccccc2)C[C@@H]1OC(C)(C)C. The topological polar surface area (TPSA) is 82.4 Å². The number of aliphatic hydroxyl groups is 3. The number of likely N-dealkylation sites (tertiary alicyclic amines) is 1. The molecule has 6 heteroatoms. The number of benzene rings is 1. The first kappa shape index (κ1) is 24.3. The lowest BCUT2D eigenvalue weighted by Gasteiger charge is -2.39. The normalized spacial score (nSPS) is 25.9. The van der Waals surface area contributed by atoms with Gasteiger partial charge in [-0.3, -0.25) is 4.90 Å². The molecular formula is C23H39NO5. The van der Waals surface area contributed by atoms with Crippen molar-refractivity contribution in [2.24, 2.45) is 5.92 Å². The Balaban J connectivity index is 2.42. The summed E-state index contributed by atoms with van der Waals surface area (Å²) in [4.78, 5) is 2.21. The maximum absolute atomic E-state index is 10.5. The molecule has 1 aromatic carbocycles. The van der Waals surface area contributed by atoms with Crippen molar-refractivity contribution in [3.05, 3.63) is 35.9 Å². The predicted octanol–water partition coefficient (Wildman–Crippen LogP) is 2.20. The van der Waals surface area contributed by atoms with Crippen molar-refractivity contribution in [2.75, 3.05) is 19.8 Å². The number of rotatable bonds is 8. The molecule has 0 bridgehead atoms. The summed E-state index contributed by atoms with van der Waals surface area (Å²) in [5.74, 6) is -0.551. The number of nitrogens with zero attached hydrogens (tertiary/aromatic N) is 1. The molecule has 3 N–H and O–H groups in total. The van der Waals surface area contributed by atoms with E-state index in [1.54, 1.807) is 0 Å². The maximum Gasteiger partial charge on any atom is 0.102 e. The highest BCUT2D eigenvalue weighted by Crippen LogP contribution is 2.36. The van der Waals surface area contributed by atoms with Crippen molar-refractivity contribution >= 4 is 0 Å². The molecule has 1 aromatic rings. The summed E-state index contributed by atoms with van der Waals surface area (Å²) in [7, 11) is 0. The van der Waals surface area contributed by atoms with Gasteiger partial charge >= 0.3 is 0 Å². The van der Waals surface area contributed by atoms with Gasteiger partial charge in [-0.05, 0) is 47.1 Å². The van der Waals surface area contributed by atoms with Crippen LogP contribution in [0.1, 0.15) is 47.1 Å². The molecule has 0 spiro atoms. The lowest BCUT2D eigenvalue weighted by molar-refractivity contribution is -0.161. The molecule has 0 saturated carbocycles. The first-order valence-corrected chi connectivity index (χ1v) is 10.5. The van der Waals surface area contributed by atoms with E-state index in [0.717, 1.165) is 5.56 Å². The summed E-state index contributed by atoms with van der Waals surface area (Å²) < 4.78 is 12.8. The minimum Gasteiger partial charge on any atom is -0.396 e. The molecule has 1 saturated heterocycles. The molecular weight excluding hydrogens is 370 g/mol. The highest BCUT2D eigenvalue weighted by molar-refractivity contribution is 5.16. The van der Waals surface area contributed by atoms with Crippen molar-refractivity contribution in [2.45, 2.75) is 83.6 Å². The molecule has 5 atom stereocenters. The van der Waals surface area contributed by atoms with E-state index in [-0.39, 0.29) is 30.5 Å². The third-order valence-electron chi connectivity index (χ3n) is 5.09. The Morgan fingerprint density at radius 1 is 0.966 bits per heavy atom. The Kier molecular flexibility index (Phi) is 8.24. The van der Waals surface area contributed by atoms with Crippen LogP contribution in [0, 0.1) is 5.92 Å². The Morgan fingerprint density at radius 3 is 2.03 bits per heavy atom. The summed E-state index contributed by atoms with van der Waals surface area (Å²) in [5, 5.41) is 30.2. The van der Waals surface area contributed by atoms with E-state index in [0.29, 0.717) is 13.1 Å². The highest BCUT2D eigenvalue weighted by atomic mass is 16.6. The van der Waals surface area contributed by atoms with Crippen LogP contribution >= 0.6 is 0 Å². The van der Waals surface area contributed by atoms with Crippen LogP contribution < -0.4 is 0 Å². The first-order valence-electron chi connectivity index (χ1n) is 10.5. The van der Waals surface area contributed by atoms with Gasteiger partial charge in [-0.2, -0.15) is 0 Å². The Labute approximate surface area is 175 Å². The Bertz CT molecular complexity index is 610. The molecule has 0 amide bonds. The minimum absolute atomic E-state index is 0.220. The minimum atomic E-state index is -1.04. The van der Waals surface area contributed by atoms with E-state index in [1.807, 2.05) is 59.7 Å². The van der Waals surface area contributed by atoms with Crippen molar-refractivity contribution in [3.63, 3.8) is 0 Å². The molecule has 2 rings (SSSR count). The zero-order valence-electron chi connectivity index (χ0n) is 18.7. The lowest BCUT2D eigenvalue weighted by atomic mass is 9.89. The van der Waals surface area contributed by atoms with E-state index in [9.17, 15) is 15.3 Å². The molecule has 1 heterocycles. The predicted molar refractivity (Wildman–Crippen MR) is 114 cm³/mol. The molecule has 6 nitrogen and oxygen atoms in total. The van der Waals surface area contributed by atoms with Gasteiger partial charge in [0.1, 0.15) is 6.10 Å². The summed E-state index contributed by atoms with van der Waals surface area (Å²) in [6, 6.07) is 9.80. The molecule has 166 valence electrons. The molecule has 1 fully saturated rings. The summed E-state index contributed by atoms with van der Waals surface area (Å²) in [6.45, 7) is 12.6. The van der Waals surface area contributed by atoms with Crippen LogP contribution in [-0.2, 0) is 16.0 Å². The van der Waals surface area contributed by atoms with Gasteiger partial charge in [0.05, 0.1) is 36.6 Å². The van der Waals surface area contributed by atoms with Gasteiger partial charge in [-0.25, -0.2) is 0 Å². The highest BCUT2D eigenvalue weighted by Gasteiger charge is 2.50. The lowest BCUT2D eigenvalue weighted by Crippen LogP contribution is -2.52. The second-order valence-electron chi connectivity index (χ2n) is 9.97. The van der Waals surface area contributed by atoms with Crippen molar-refractivity contribution in [1.29, 1.82) is 0 Å². The number of aliphatic hydroxyl groups excluding tert-OH is 3. The molecule has 1 aliphatic heterocycles. The number of hydrogen-bond acceptors (Lipinski definition) is 6. The van der Waals surface area contributed by atoms with Crippen molar-refractivity contribution < 1.29 is 24.8 Å². The smallest absolute Gasteiger partial charge is 0.102 e. The van der Waals surface area contributed by atoms with Crippen LogP contribution in [0.2, 0.25) is 0 Å². The third kappa shape index (κ3) is 7.02. The first-order chi connectivity index (χ1) is 13.4. The van der Waals surface area contributed by atoms with E-state index >= 15 is 0 Å². The summed E-state index contributed by atoms with van der Waals surface area (Å²) in [5.41, 5.74) is 0.357. The van der Waals surface area contributed by atoms with Gasteiger partial charge < -0.3 is 24.8 Å². The molecule has 0 radical (unpaired) electrons. The van der Waals surface area contributed by atoms with Crippen LogP contribution in [-0.4, -0.2) is 75.5 Å². The third-order valence-corrected chi connectivity index (χ3v) is 5.09.